The second-order valence-electron chi connectivity index (χ2n) is 7.08. The quantitative estimate of drug-likeness (QED) is 0.831. The van der Waals surface area contributed by atoms with Gasteiger partial charge >= 0.3 is 0 Å². The summed E-state index contributed by atoms with van der Waals surface area (Å²) in [5.41, 5.74) is 3.92. The van der Waals surface area contributed by atoms with Crippen LogP contribution in [0.1, 0.15) is 58.3 Å². The minimum Gasteiger partial charge on any atom is -0.308 e. The van der Waals surface area contributed by atoms with Crippen LogP contribution in [0.25, 0.3) is 0 Å². The van der Waals surface area contributed by atoms with Gasteiger partial charge in [0.1, 0.15) is 0 Å². The Morgan fingerprint density at radius 2 is 1.79 bits per heavy atom. The van der Waals surface area contributed by atoms with E-state index >= 15 is 0 Å². The minimum absolute atomic E-state index is 0.417. The summed E-state index contributed by atoms with van der Waals surface area (Å²) in [7, 11) is 0. The molecule has 0 aromatic heterocycles. The van der Waals surface area contributed by atoms with E-state index in [4.69, 9.17) is 11.6 Å². The third kappa shape index (κ3) is 2.59. The predicted molar refractivity (Wildman–Crippen MR) is 81.6 cm³/mol. The molecule has 0 aromatic carbocycles. The highest BCUT2D eigenvalue weighted by Crippen LogP contribution is 2.42. The fourth-order valence-electron chi connectivity index (χ4n) is 4.52. The topological polar surface area (TPSA) is 15.3 Å². The van der Waals surface area contributed by atoms with Crippen LogP contribution in [0, 0.1) is 0 Å². The maximum Gasteiger partial charge on any atom is 0.0338 e. The third-order valence-corrected chi connectivity index (χ3v) is 6.05. The van der Waals surface area contributed by atoms with Crippen molar-refractivity contribution in [2.75, 3.05) is 19.6 Å². The van der Waals surface area contributed by atoms with Crippen LogP contribution in [0.15, 0.2) is 11.1 Å². The van der Waals surface area contributed by atoms with Crippen LogP contribution in [0.3, 0.4) is 0 Å². The fourth-order valence-corrected chi connectivity index (χ4v) is 4.59. The summed E-state index contributed by atoms with van der Waals surface area (Å²) in [6, 6.07) is 0. The Morgan fingerprint density at radius 3 is 2.42 bits per heavy atom. The molecule has 1 N–H and O–H groups in total. The van der Waals surface area contributed by atoms with Crippen LogP contribution >= 0.6 is 11.6 Å². The first-order valence-corrected chi connectivity index (χ1v) is 8.38. The van der Waals surface area contributed by atoms with Crippen molar-refractivity contribution < 1.29 is 0 Å². The first-order valence-electron chi connectivity index (χ1n) is 7.94. The lowest BCUT2D eigenvalue weighted by atomic mass is 9.84. The van der Waals surface area contributed by atoms with Crippen LogP contribution < -0.4 is 5.32 Å². The van der Waals surface area contributed by atoms with E-state index in [-0.39, 0.29) is 0 Å². The highest BCUT2D eigenvalue weighted by molar-refractivity contribution is 6.25. The van der Waals surface area contributed by atoms with Crippen LogP contribution in [0.2, 0.25) is 0 Å². The van der Waals surface area contributed by atoms with Crippen molar-refractivity contribution in [2.45, 2.75) is 69.4 Å². The van der Waals surface area contributed by atoms with Crippen molar-refractivity contribution in [1.29, 1.82) is 0 Å². The summed E-state index contributed by atoms with van der Waals surface area (Å²) in [4.78, 5) is 2.77. The number of hydrogen-bond donors (Lipinski definition) is 1. The molecule has 0 amide bonds. The second-order valence-corrected chi connectivity index (χ2v) is 7.30. The van der Waals surface area contributed by atoms with Crippen LogP contribution in [-0.4, -0.2) is 35.6 Å². The van der Waals surface area contributed by atoms with E-state index in [1.54, 1.807) is 5.54 Å². The predicted octanol–water partition coefficient (Wildman–Crippen LogP) is 3.66. The van der Waals surface area contributed by atoms with Gasteiger partial charge in [0.15, 0.2) is 0 Å². The minimum atomic E-state index is 0.417. The summed E-state index contributed by atoms with van der Waals surface area (Å²) >= 11 is 5.91. The van der Waals surface area contributed by atoms with Crippen LogP contribution in [-0.2, 0) is 0 Å². The summed E-state index contributed by atoms with van der Waals surface area (Å²) in [5, 5.41) is 3.95. The highest BCUT2D eigenvalue weighted by Gasteiger charge is 2.49. The van der Waals surface area contributed by atoms with Gasteiger partial charge in [-0.25, -0.2) is 0 Å². The van der Waals surface area contributed by atoms with Crippen LogP contribution in [0.5, 0.6) is 0 Å². The molecule has 1 saturated heterocycles. The number of halogens is 1. The Kier molecular flexibility index (Phi) is 3.94. The maximum absolute atomic E-state index is 5.91. The maximum atomic E-state index is 5.91. The van der Waals surface area contributed by atoms with Gasteiger partial charge in [-0.05, 0) is 38.2 Å². The Balaban J connectivity index is 1.79. The fraction of sp³-hybridized carbons (Fsp3) is 0.875. The second kappa shape index (κ2) is 5.38. The molecule has 3 fully saturated rings. The van der Waals surface area contributed by atoms with Crippen molar-refractivity contribution in [1.82, 2.24) is 10.2 Å². The van der Waals surface area contributed by atoms with Crippen molar-refractivity contribution >= 4 is 11.6 Å². The van der Waals surface area contributed by atoms with Gasteiger partial charge in [-0.2, -0.15) is 0 Å². The van der Waals surface area contributed by atoms with E-state index in [0.29, 0.717) is 11.1 Å². The van der Waals surface area contributed by atoms with Gasteiger partial charge in [0, 0.05) is 36.2 Å². The zero-order valence-electron chi connectivity index (χ0n) is 12.2. The summed E-state index contributed by atoms with van der Waals surface area (Å²) in [6.07, 6.45) is 11.1. The molecule has 0 radical (unpaired) electrons. The molecule has 0 aromatic rings. The molecule has 1 aliphatic heterocycles. The summed E-state index contributed by atoms with van der Waals surface area (Å²) in [6.45, 7) is 5.66. The molecular formula is C16H27ClN2. The molecule has 3 aliphatic rings. The van der Waals surface area contributed by atoms with Gasteiger partial charge in [0.05, 0.1) is 0 Å². The molecule has 19 heavy (non-hydrogen) atoms. The van der Waals surface area contributed by atoms with E-state index in [0.717, 1.165) is 6.54 Å². The summed E-state index contributed by atoms with van der Waals surface area (Å²) < 4.78 is 0. The zero-order chi connectivity index (χ0) is 13.3. The Labute approximate surface area is 122 Å². The van der Waals surface area contributed by atoms with E-state index in [1.165, 1.54) is 70.0 Å². The van der Waals surface area contributed by atoms with Gasteiger partial charge < -0.3 is 5.32 Å². The van der Waals surface area contributed by atoms with E-state index in [9.17, 15) is 0 Å². The number of rotatable bonds is 2. The molecule has 3 rings (SSSR count). The van der Waals surface area contributed by atoms with Gasteiger partial charge in [-0.15, -0.1) is 0 Å². The van der Waals surface area contributed by atoms with Crippen molar-refractivity contribution in [3.05, 3.63) is 11.1 Å². The van der Waals surface area contributed by atoms with Gasteiger partial charge in [-0.1, -0.05) is 37.3 Å². The Bertz CT molecular complexity index is 352. The Hall–Kier alpha value is -0.0500. The van der Waals surface area contributed by atoms with Crippen molar-refractivity contribution in [3.63, 3.8) is 0 Å². The number of nitrogens with one attached hydrogen (secondary N) is 1. The van der Waals surface area contributed by atoms with E-state index in [1.807, 2.05) is 0 Å². The molecule has 2 aliphatic carbocycles. The van der Waals surface area contributed by atoms with E-state index < -0.39 is 0 Å². The molecule has 2 nitrogen and oxygen atoms in total. The number of piperazine rings is 1. The van der Waals surface area contributed by atoms with Crippen molar-refractivity contribution in [2.24, 2.45) is 0 Å². The molecule has 3 heteroatoms. The van der Waals surface area contributed by atoms with Gasteiger partial charge in [0.2, 0.25) is 0 Å². The lowest BCUT2D eigenvalue weighted by Crippen LogP contribution is -2.68. The van der Waals surface area contributed by atoms with Crippen molar-refractivity contribution in [3.8, 4) is 0 Å². The zero-order valence-corrected chi connectivity index (χ0v) is 12.9. The molecule has 2 spiro atoms. The lowest BCUT2D eigenvalue weighted by molar-refractivity contribution is 0.0167. The molecular weight excluding hydrogens is 256 g/mol. The monoisotopic (exact) mass is 282 g/mol. The van der Waals surface area contributed by atoms with Gasteiger partial charge in [0.25, 0.3) is 0 Å². The number of nitrogens with zero attached hydrogens (tertiary/aromatic N) is 1. The highest BCUT2D eigenvalue weighted by atomic mass is 35.5. The smallest absolute Gasteiger partial charge is 0.0338 e. The standard InChI is InChI=1S/C16H27ClN2/c1-14(10-17)11-19-13-15(6-2-3-7-15)18-12-16(19)8-4-5-9-16/h10,18H,2-9,11-13H2,1H3. The largest absolute Gasteiger partial charge is 0.308 e. The van der Waals surface area contributed by atoms with Gasteiger partial charge in [-0.3, -0.25) is 4.90 Å². The summed E-state index contributed by atoms with van der Waals surface area (Å²) in [5.74, 6) is 0. The van der Waals surface area contributed by atoms with E-state index in [2.05, 4.69) is 17.1 Å². The first-order chi connectivity index (χ1) is 9.18. The average Bonchev–Trinajstić information content (AvgIpc) is 3.05. The first kappa shape index (κ1) is 13.9. The third-order valence-electron chi connectivity index (χ3n) is 5.68. The molecule has 108 valence electrons. The molecule has 0 unspecified atom stereocenters. The molecule has 1 heterocycles. The molecule has 2 saturated carbocycles. The normalized spacial score (nSPS) is 30.5. The Morgan fingerprint density at radius 1 is 1.16 bits per heavy atom. The molecule has 0 bridgehead atoms. The number of hydrogen-bond acceptors (Lipinski definition) is 2. The average molecular weight is 283 g/mol. The van der Waals surface area contributed by atoms with Crippen LogP contribution in [0.4, 0.5) is 0 Å². The molecule has 0 atom stereocenters. The SMILES string of the molecule is CC(=CCl)CN1CC2(CCCC2)NCC12CCCC2. The lowest BCUT2D eigenvalue weighted by Gasteiger charge is -2.53.